The van der Waals surface area contributed by atoms with E-state index in [2.05, 4.69) is 71.0 Å². The predicted molar refractivity (Wildman–Crippen MR) is 77.0 cm³/mol. The van der Waals surface area contributed by atoms with E-state index in [1.807, 2.05) is 0 Å². The summed E-state index contributed by atoms with van der Waals surface area (Å²) in [6, 6.07) is 9.09. The number of aromatic nitrogens is 4. The van der Waals surface area contributed by atoms with Gasteiger partial charge in [0.1, 0.15) is 0 Å². The molecule has 2 N–H and O–H groups in total. The average molecular weight is 271 g/mol. The molecular weight excluding hydrogens is 250 g/mol. The number of rotatable bonds is 3. The van der Waals surface area contributed by atoms with Gasteiger partial charge in [-0.15, -0.1) is 10.2 Å². The molecule has 0 spiro atoms. The standard InChI is InChI=1S/C15H21N5/c1-10(14-17-19-20-18-14)16-13-12-7-5-4-6-11(12)8-9-15(13,2)3/h4-7,10,13,16H,8-9H2,1-3H3,(H,17,18,19,20). The van der Waals surface area contributed by atoms with Crippen LogP contribution < -0.4 is 5.32 Å². The van der Waals surface area contributed by atoms with Gasteiger partial charge in [0.15, 0.2) is 5.82 Å². The zero-order valence-corrected chi connectivity index (χ0v) is 12.2. The molecule has 1 aliphatic carbocycles. The van der Waals surface area contributed by atoms with Crippen molar-refractivity contribution in [1.29, 1.82) is 0 Å². The monoisotopic (exact) mass is 271 g/mol. The highest BCUT2D eigenvalue weighted by Crippen LogP contribution is 2.44. The summed E-state index contributed by atoms with van der Waals surface area (Å²) < 4.78 is 0. The first-order valence-corrected chi connectivity index (χ1v) is 7.15. The van der Waals surface area contributed by atoms with Crippen molar-refractivity contribution in [3.63, 3.8) is 0 Å². The first-order chi connectivity index (χ1) is 9.58. The molecule has 1 aromatic carbocycles. The molecule has 2 atom stereocenters. The average Bonchev–Trinajstić information content (AvgIpc) is 2.96. The van der Waals surface area contributed by atoms with Crippen LogP contribution in [-0.4, -0.2) is 20.6 Å². The van der Waals surface area contributed by atoms with Crippen LogP contribution in [0.25, 0.3) is 0 Å². The van der Waals surface area contributed by atoms with E-state index in [1.54, 1.807) is 0 Å². The van der Waals surface area contributed by atoms with Gasteiger partial charge in [-0.05, 0) is 36.3 Å². The topological polar surface area (TPSA) is 66.5 Å². The summed E-state index contributed by atoms with van der Waals surface area (Å²) in [5.41, 5.74) is 3.07. The lowest BCUT2D eigenvalue weighted by Crippen LogP contribution is -2.39. The minimum absolute atomic E-state index is 0.0733. The maximum atomic E-state index is 4.08. The summed E-state index contributed by atoms with van der Waals surface area (Å²) in [5.74, 6) is 0.712. The molecule has 0 bridgehead atoms. The highest BCUT2D eigenvalue weighted by atomic mass is 15.5. The zero-order chi connectivity index (χ0) is 14.2. The van der Waals surface area contributed by atoms with Gasteiger partial charge in [0.2, 0.25) is 0 Å². The molecule has 2 aromatic rings. The van der Waals surface area contributed by atoms with Crippen molar-refractivity contribution >= 4 is 0 Å². The zero-order valence-electron chi connectivity index (χ0n) is 12.2. The minimum atomic E-state index is 0.0733. The van der Waals surface area contributed by atoms with E-state index < -0.39 is 0 Å². The Kier molecular flexibility index (Phi) is 3.30. The van der Waals surface area contributed by atoms with Crippen LogP contribution in [0.1, 0.15) is 56.2 Å². The largest absolute Gasteiger partial charge is 0.300 e. The highest BCUT2D eigenvalue weighted by Gasteiger charge is 2.36. The lowest BCUT2D eigenvalue weighted by Gasteiger charge is -2.41. The summed E-state index contributed by atoms with van der Waals surface area (Å²) in [4.78, 5) is 0. The van der Waals surface area contributed by atoms with Crippen molar-refractivity contribution in [2.24, 2.45) is 5.41 Å². The Morgan fingerprint density at radius 3 is 2.90 bits per heavy atom. The molecule has 0 amide bonds. The van der Waals surface area contributed by atoms with E-state index in [-0.39, 0.29) is 11.5 Å². The fourth-order valence-corrected chi connectivity index (χ4v) is 3.06. The van der Waals surface area contributed by atoms with Gasteiger partial charge in [0.05, 0.1) is 6.04 Å². The number of benzene rings is 1. The first-order valence-electron chi connectivity index (χ1n) is 7.15. The summed E-state index contributed by atoms with van der Waals surface area (Å²) in [5, 5.41) is 18.0. The fraction of sp³-hybridized carbons (Fsp3) is 0.533. The highest BCUT2D eigenvalue weighted by molar-refractivity contribution is 5.34. The lowest BCUT2D eigenvalue weighted by atomic mass is 9.70. The first kappa shape index (κ1) is 13.2. The SMILES string of the molecule is CC(NC1c2ccccc2CCC1(C)C)c1nn[nH]n1. The predicted octanol–water partition coefficient (Wildman–Crippen LogP) is 2.56. The Morgan fingerprint density at radius 2 is 2.15 bits per heavy atom. The van der Waals surface area contributed by atoms with Gasteiger partial charge in [-0.3, -0.25) is 5.32 Å². The van der Waals surface area contributed by atoms with Gasteiger partial charge < -0.3 is 0 Å². The number of hydrogen-bond acceptors (Lipinski definition) is 4. The van der Waals surface area contributed by atoms with Gasteiger partial charge in [-0.1, -0.05) is 43.3 Å². The second kappa shape index (κ2) is 4.98. The molecule has 0 radical (unpaired) electrons. The third-order valence-electron chi connectivity index (χ3n) is 4.35. The fourth-order valence-electron chi connectivity index (χ4n) is 3.06. The summed E-state index contributed by atoms with van der Waals surface area (Å²) in [6.07, 6.45) is 2.33. The van der Waals surface area contributed by atoms with Crippen LogP contribution in [-0.2, 0) is 6.42 Å². The quantitative estimate of drug-likeness (QED) is 0.900. The van der Waals surface area contributed by atoms with Crippen molar-refractivity contribution in [2.45, 2.75) is 45.7 Å². The maximum Gasteiger partial charge on any atom is 0.191 e. The molecule has 5 nitrogen and oxygen atoms in total. The van der Waals surface area contributed by atoms with Crippen LogP contribution in [0, 0.1) is 5.41 Å². The van der Waals surface area contributed by atoms with E-state index in [0.29, 0.717) is 11.9 Å². The number of nitrogens with zero attached hydrogens (tertiary/aromatic N) is 3. The molecule has 5 heteroatoms. The van der Waals surface area contributed by atoms with Crippen molar-refractivity contribution in [3.8, 4) is 0 Å². The summed E-state index contributed by atoms with van der Waals surface area (Å²) >= 11 is 0. The molecule has 1 aromatic heterocycles. The number of fused-ring (bicyclic) bond motifs is 1. The summed E-state index contributed by atoms with van der Waals surface area (Å²) in [7, 11) is 0. The molecule has 106 valence electrons. The molecule has 20 heavy (non-hydrogen) atoms. The molecule has 0 aliphatic heterocycles. The molecule has 1 aliphatic rings. The maximum absolute atomic E-state index is 4.08. The number of nitrogens with one attached hydrogen (secondary N) is 2. The normalized spacial score (nSPS) is 22.2. The Hall–Kier alpha value is -1.75. The molecule has 0 fully saturated rings. The van der Waals surface area contributed by atoms with Crippen LogP contribution in [0.5, 0.6) is 0 Å². The summed E-state index contributed by atoms with van der Waals surface area (Å²) in [6.45, 7) is 6.73. The van der Waals surface area contributed by atoms with Crippen LogP contribution in [0.2, 0.25) is 0 Å². The Balaban J connectivity index is 1.90. The number of tetrazole rings is 1. The Morgan fingerprint density at radius 1 is 1.35 bits per heavy atom. The van der Waals surface area contributed by atoms with Crippen molar-refractivity contribution in [1.82, 2.24) is 25.9 Å². The molecule has 2 unspecified atom stereocenters. The van der Waals surface area contributed by atoms with Gasteiger partial charge in [0, 0.05) is 6.04 Å². The number of aromatic amines is 1. The van der Waals surface area contributed by atoms with Gasteiger partial charge in [-0.25, -0.2) is 0 Å². The Labute approximate surface area is 119 Å². The smallest absolute Gasteiger partial charge is 0.191 e. The lowest BCUT2D eigenvalue weighted by molar-refractivity contribution is 0.194. The van der Waals surface area contributed by atoms with Crippen LogP contribution in [0.15, 0.2) is 24.3 Å². The van der Waals surface area contributed by atoms with Gasteiger partial charge in [-0.2, -0.15) is 5.21 Å². The van der Waals surface area contributed by atoms with Gasteiger partial charge >= 0.3 is 0 Å². The molecule has 1 heterocycles. The van der Waals surface area contributed by atoms with Crippen molar-refractivity contribution in [2.75, 3.05) is 0 Å². The second-order valence-electron chi connectivity index (χ2n) is 6.28. The van der Waals surface area contributed by atoms with E-state index in [9.17, 15) is 0 Å². The Bertz CT molecular complexity index is 576. The molecule has 3 rings (SSSR count). The van der Waals surface area contributed by atoms with Crippen LogP contribution >= 0.6 is 0 Å². The third kappa shape index (κ3) is 2.33. The number of aryl methyl sites for hydroxylation is 1. The minimum Gasteiger partial charge on any atom is -0.300 e. The van der Waals surface area contributed by atoms with E-state index in [4.69, 9.17) is 0 Å². The van der Waals surface area contributed by atoms with Crippen LogP contribution in [0.4, 0.5) is 0 Å². The number of H-pyrrole nitrogens is 1. The molecular formula is C15H21N5. The molecule has 0 saturated carbocycles. The van der Waals surface area contributed by atoms with Gasteiger partial charge in [0.25, 0.3) is 0 Å². The van der Waals surface area contributed by atoms with E-state index >= 15 is 0 Å². The third-order valence-corrected chi connectivity index (χ3v) is 4.35. The second-order valence-corrected chi connectivity index (χ2v) is 6.28. The number of hydrogen-bond donors (Lipinski definition) is 2. The van der Waals surface area contributed by atoms with E-state index in [0.717, 1.165) is 6.42 Å². The van der Waals surface area contributed by atoms with E-state index in [1.165, 1.54) is 17.5 Å². The molecule has 0 saturated heterocycles. The van der Waals surface area contributed by atoms with Crippen molar-refractivity contribution < 1.29 is 0 Å². The van der Waals surface area contributed by atoms with Crippen molar-refractivity contribution in [3.05, 3.63) is 41.2 Å². The van der Waals surface area contributed by atoms with Crippen LogP contribution in [0.3, 0.4) is 0 Å².